The van der Waals surface area contributed by atoms with E-state index >= 15 is 0 Å². The van der Waals surface area contributed by atoms with E-state index in [0.29, 0.717) is 53.4 Å². The van der Waals surface area contributed by atoms with Gasteiger partial charge in [-0.1, -0.05) is 12.6 Å². The topological polar surface area (TPSA) is 108 Å². The molecular formula is C42H46F4N8O4. The number of anilines is 5. The third-order valence-corrected chi connectivity index (χ3v) is 11.2. The molecule has 16 heteroatoms. The molecule has 1 aromatic heterocycles. The summed E-state index contributed by atoms with van der Waals surface area (Å²) in [6, 6.07) is 14.6. The number of halogens is 4. The fourth-order valence-corrected chi connectivity index (χ4v) is 8.14. The Morgan fingerprint density at radius 1 is 0.879 bits per heavy atom. The number of nitrogens with zero attached hydrogens (tertiary/aromatic N) is 6. The van der Waals surface area contributed by atoms with Crippen molar-refractivity contribution in [2.45, 2.75) is 56.4 Å². The SMILES string of the molecule is C=CC(=O)Nc1cc(Nc2cc(N3OCCC3c3cc(F)cc(Oc4cccc(C(F)(F)F)c4)c3)ncn2)c(OC)cc1N1CCC(N2CCN(C3CC3)CC2)CC1. The predicted octanol–water partition coefficient (Wildman–Crippen LogP) is 7.94. The molecule has 4 heterocycles. The Balaban J connectivity index is 0.985. The summed E-state index contributed by atoms with van der Waals surface area (Å²) in [7, 11) is 1.58. The van der Waals surface area contributed by atoms with Crippen molar-refractivity contribution in [2.75, 3.05) is 73.6 Å². The van der Waals surface area contributed by atoms with Gasteiger partial charge in [-0.15, -0.1) is 0 Å². The third kappa shape index (κ3) is 8.98. The Labute approximate surface area is 334 Å². The summed E-state index contributed by atoms with van der Waals surface area (Å²) in [5, 5.41) is 7.83. The van der Waals surface area contributed by atoms with Gasteiger partial charge < -0.3 is 25.0 Å². The van der Waals surface area contributed by atoms with Crippen LogP contribution in [0.3, 0.4) is 0 Å². The van der Waals surface area contributed by atoms with Crippen LogP contribution in [0.5, 0.6) is 17.2 Å². The second kappa shape index (κ2) is 16.8. The molecule has 4 aromatic rings. The van der Waals surface area contributed by atoms with Crippen LogP contribution in [0.2, 0.25) is 0 Å². The number of benzene rings is 3. The Kier molecular flexibility index (Phi) is 11.4. The largest absolute Gasteiger partial charge is 0.494 e. The average molecular weight is 803 g/mol. The number of alkyl halides is 3. The number of rotatable bonds is 12. The number of piperidine rings is 1. The van der Waals surface area contributed by atoms with Gasteiger partial charge in [0.25, 0.3) is 0 Å². The number of methoxy groups -OCH3 is 1. The Hall–Kier alpha value is -5.45. The normalized spacial score (nSPS) is 19.6. The molecule has 58 heavy (non-hydrogen) atoms. The van der Waals surface area contributed by atoms with Crippen LogP contribution in [0.1, 0.15) is 49.3 Å². The quantitative estimate of drug-likeness (QED) is 0.108. The molecule has 0 bridgehead atoms. The number of carbonyl (C=O) groups excluding carboxylic acids is 1. The van der Waals surface area contributed by atoms with Crippen molar-refractivity contribution in [1.29, 1.82) is 0 Å². The van der Waals surface area contributed by atoms with Gasteiger partial charge >= 0.3 is 6.18 Å². The highest BCUT2D eigenvalue weighted by molar-refractivity contribution is 6.02. The van der Waals surface area contributed by atoms with Crippen LogP contribution in [-0.4, -0.2) is 90.7 Å². The van der Waals surface area contributed by atoms with Crippen molar-refractivity contribution in [3.05, 3.63) is 96.6 Å². The zero-order valence-electron chi connectivity index (χ0n) is 32.2. The minimum atomic E-state index is -4.56. The molecule has 3 saturated heterocycles. The van der Waals surface area contributed by atoms with E-state index in [1.807, 2.05) is 12.1 Å². The van der Waals surface area contributed by atoms with Crippen LogP contribution < -0.4 is 30.1 Å². The highest BCUT2D eigenvalue weighted by Crippen LogP contribution is 2.42. The van der Waals surface area contributed by atoms with Crippen molar-refractivity contribution in [1.82, 2.24) is 19.8 Å². The molecule has 0 radical (unpaired) electrons. The molecule has 1 atom stereocenters. The molecule has 4 fully saturated rings. The Morgan fingerprint density at radius 2 is 1.62 bits per heavy atom. The number of amides is 1. The van der Waals surface area contributed by atoms with E-state index < -0.39 is 23.6 Å². The summed E-state index contributed by atoms with van der Waals surface area (Å²) < 4.78 is 66.4. The standard InChI is InChI=1S/C42H46F4N8O4/c1-3-41(55)50-34-23-35(38(56-2)24-37(34)53-12-9-31(10-13-53)52-16-14-51(15-17-52)30-7-8-30)49-39-25-40(48-26-47-39)54-36(11-18-57-54)27-19-29(43)22-33(20-27)58-32-6-4-5-28(21-32)42(44,45)46/h3-6,19-26,30-31,36H,1,7-18H2,2H3,(H,50,55)(H,47,48,49). The lowest BCUT2D eigenvalue weighted by molar-refractivity contribution is -0.137. The van der Waals surface area contributed by atoms with Crippen molar-refractivity contribution in [3.63, 3.8) is 0 Å². The van der Waals surface area contributed by atoms with E-state index in [2.05, 4.69) is 41.9 Å². The number of ether oxygens (including phenoxy) is 2. The van der Waals surface area contributed by atoms with Crippen LogP contribution in [0, 0.1) is 5.82 Å². The summed E-state index contributed by atoms with van der Waals surface area (Å²) >= 11 is 0. The van der Waals surface area contributed by atoms with E-state index in [0.717, 1.165) is 82.0 Å². The molecule has 1 aliphatic carbocycles. The van der Waals surface area contributed by atoms with Gasteiger partial charge in [0.1, 0.15) is 35.2 Å². The summed E-state index contributed by atoms with van der Waals surface area (Å²) in [6.45, 7) is 10.1. The zero-order chi connectivity index (χ0) is 40.4. The van der Waals surface area contributed by atoms with Gasteiger partial charge in [0.2, 0.25) is 5.91 Å². The van der Waals surface area contributed by atoms with E-state index in [1.54, 1.807) is 24.3 Å². The minimum absolute atomic E-state index is 0.0349. The molecule has 306 valence electrons. The summed E-state index contributed by atoms with van der Waals surface area (Å²) in [6.07, 6.45) is 3.22. The van der Waals surface area contributed by atoms with E-state index in [-0.39, 0.29) is 17.4 Å². The first-order valence-electron chi connectivity index (χ1n) is 19.6. The number of hydrogen-bond donors (Lipinski definition) is 2. The summed E-state index contributed by atoms with van der Waals surface area (Å²) in [5.74, 6) is 0.284. The number of hydroxylamine groups is 1. The number of carbonyl (C=O) groups is 1. The van der Waals surface area contributed by atoms with Crippen molar-refractivity contribution in [3.8, 4) is 17.2 Å². The average Bonchev–Trinajstić information content (AvgIpc) is 3.96. The Bertz CT molecular complexity index is 2120. The molecule has 1 amide bonds. The molecule has 4 aliphatic rings. The summed E-state index contributed by atoms with van der Waals surface area (Å²) in [5.41, 5.74) is 1.58. The number of aromatic nitrogens is 2. The Morgan fingerprint density at radius 3 is 2.31 bits per heavy atom. The molecule has 1 unspecified atom stereocenters. The van der Waals surface area contributed by atoms with Gasteiger partial charge in [-0.05, 0) is 73.7 Å². The molecule has 1 saturated carbocycles. The number of piperazine rings is 1. The molecule has 12 nitrogen and oxygen atoms in total. The maximum Gasteiger partial charge on any atom is 0.416 e. The smallest absolute Gasteiger partial charge is 0.416 e. The second-order valence-corrected chi connectivity index (χ2v) is 15.0. The molecule has 3 aromatic carbocycles. The lowest BCUT2D eigenvalue weighted by Crippen LogP contribution is -2.53. The highest BCUT2D eigenvalue weighted by atomic mass is 19.4. The van der Waals surface area contributed by atoms with Crippen LogP contribution >= 0.6 is 0 Å². The molecule has 2 N–H and O–H groups in total. The lowest BCUT2D eigenvalue weighted by atomic mass is 10.0. The van der Waals surface area contributed by atoms with Crippen LogP contribution in [-0.2, 0) is 15.8 Å². The monoisotopic (exact) mass is 802 g/mol. The third-order valence-electron chi connectivity index (χ3n) is 11.2. The second-order valence-electron chi connectivity index (χ2n) is 15.0. The van der Waals surface area contributed by atoms with Gasteiger partial charge in [-0.2, -0.15) is 13.2 Å². The molecule has 8 rings (SSSR count). The van der Waals surface area contributed by atoms with Crippen LogP contribution in [0.15, 0.2) is 79.6 Å². The van der Waals surface area contributed by atoms with E-state index in [4.69, 9.17) is 14.3 Å². The zero-order valence-corrected chi connectivity index (χ0v) is 32.2. The van der Waals surface area contributed by atoms with Crippen molar-refractivity contribution >= 4 is 34.6 Å². The maximum atomic E-state index is 15.0. The molecule has 0 spiro atoms. The highest BCUT2D eigenvalue weighted by Gasteiger charge is 2.35. The van der Waals surface area contributed by atoms with Crippen molar-refractivity contribution < 1.29 is 36.7 Å². The minimum Gasteiger partial charge on any atom is -0.494 e. The first kappa shape index (κ1) is 39.4. The van der Waals surface area contributed by atoms with E-state index in [9.17, 15) is 22.4 Å². The van der Waals surface area contributed by atoms with Gasteiger partial charge in [0, 0.05) is 76.0 Å². The van der Waals surface area contributed by atoms with Crippen molar-refractivity contribution in [2.24, 2.45) is 0 Å². The van der Waals surface area contributed by atoms with Gasteiger partial charge in [-0.25, -0.2) is 19.4 Å². The number of nitrogens with one attached hydrogen (secondary N) is 2. The number of hydrogen-bond acceptors (Lipinski definition) is 11. The first-order valence-corrected chi connectivity index (χ1v) is 19.6. The fourth-order valence-electron chi connectivity index (χ4n) is 8.14. The van der Waals surface area contributed by atoms with Gasteiger partial charge in [0.05, 0.1) is 42.4 Å². The van der Waals surface area contributed by atoms with E-state index in [1.165, 1.54) is 43.4 Å². The van der Waals surface area contributed by atoms with Crippen LogP contribution in [0.25, 0.3) is 0 Å². The fraction of sp³-hybridized carbons (Fsp3) is 0.405. The summed E-state index contributed by atoms with van der Waals surface area (Å²) in [4.78, 5) is 35.1. The van der Waals surface area contributed by atoms with Crippen LogP contribution in [0.4, 0.5) is 46.3 Å². The predicted molar refractivity (Wildman–Crippen MR) is 212 cm³/mol. The maximum absolute atomic E-state index is 15.0. The van der Waals surface area contributed by atoms with Gasteiger partial charge in [0.15, 0.2) is 5.82 Å². The lowest BCUT2D eigenvalue weighted by Gasteiger charge is -2.43. The first-order chi connectivity index (χ1) is 28.0. The molecule has 3 aliphatic heterocycles. The molecular weight excluding hydrogens is 757 g/mol. The van der Waals surface area contributed by atoms with Gasteiger partial charge in [-0.3, -0.25) is 19.4 Å².